The Labute approximate surface area is 139 Å². The van der Waals surface area contributed by atoms with E-state index in [-0.39, 0.29) is 19.1 Å². The largest absolute Gasteiger partial charge is 0.465 e. The number of amides is 1. The van der Waals surface area contributed by atoms with Gasteiger partial charge < -0.3 is 14.8 Å². The lowest BCUT2D eigenvalue weighted by atomic mass is 10.1. The third-order valence-corrected chi connectivity index (χ3v) is 3.20. The van der Waals surface area contributed by atoms with E-state index >= 15 is 0 Å². The van der Waals surface area contributed by atoms with E-state index < -0.39 is 11.9 Å². The van der Waals surface area contributed by atoms with Crippen LogP contribution in [0.2, 0.25) is 0 Å². The molecule has 0 saturated heterocycles. The van der Waals surface area contributed by atoms with E-state index in [4.69, 9.17) is 4.74 Å². The Bertz CT molecular complexity index is 710. The van der Waals surface area contributed by atoms with Gasteiger partial charge in [0.2, 0.25) is 0 Å². The molecule has 0 aromatic heterocycles. The lowest BCUT2D eigenvalue weighted by Crippen LogP contribution is -2.30. The zero-order chi connectivity index (χ0) is 17.4. The number of carbonyl (C=O) groups excluding carboxylic acids is 3. The fraction of sp³-hybridized carbons (Fsp3) is 0.167. The Hall–Kier alpha value is -3.15. The van der Waals surface area contributed by atoms with Crippen LogP contribution in [0.1, 0.15) is 26.3 Å². The van der Waals surface area contributed by atoms with Crippen molar-refractivity contribution in [2.75, 3.05) is 13.7 Å². The van der Waals surface area contributed by atoms with Crippen molar-refractivity contribution in [3.63, 3.8) is 0 Å². The molecule has 0 fully saturated rings. The van der Waals surface area contributed by atoms with Crippen molar-refractivity contribution in [2.24, 2.45) is 0 Å². The van der Waals surface area contributed by atoms with Gasteiger partial charge in [0.1, 0.15) is 13.2 Å². The summed E-state index contributed by atoms with van der Waals surface area (Å²) in [7, 11) is 1.31. The maximum Gasteiger partial charge on any atom is 0.337 e. The fourth-order valence-corrected chi connectivity index (χ4v) is 1.91. The molecule has 0 unspecified atom stereocenters. The van der Waals surface area contributed by atoms with Crippen LogP contribution in [0, 0.1) is 0 Å². The molecule has 2 aromatic carbocycles. The van der Waals surface area contributed by atoms with Crippen LogP contribution < -0.4 is 5.32 Å². The van der Waals surface area contributed by atoms with Gasteiger partial charge in [0.25, 0.3) is 5.91 Å². The number of benzene rings is 2. The first kappa shape index (κ1) is 17.2. The van der Waals surface area contributed by atoms with Crippen LogP contribution in [-0.2, 0) is 20.9 Å². The summed E-state index contributed by atoms with van der Waals surface area (Å²) in [5.41, 5.74) is 1.62. The molecule has 2 aromatic rings. The molecule has 0 spiro atoms. The smallest absolute Gasteiger partial charge is 0.337 e. The maximum absolute atomic E-state index is 11.8. The highest BCUT2D eigenvalue weighted by Gasteiger charge is 2.09. The second kappa shape index (κ2) is 8.47. The van der Waals surface area contributed by atoms with E-state index in [1.54, 1.807) is 54.6 Å². The van der Waals surface area contributed by atoms with Crippen molar-refractivity contribution in [1.82, 2.24) is 5.32 Å². The number of esters is 2. The summed E-state index contributed by atoms with van der Waals surface area (Å²) in [6.45, 7) is -0.157. The van der Waals surface area contributed by atoms with Crippen molar-refractivity contribution in [3.05, 3.63) is 71.3 Å². The molecule has 124 valence electrons. The molecule has 1 amide bonds. The molecular formula is C18H17NO5. The first-order valence-corrected chi connectivity index (χ1v) is 7.26. The minimum absolute atomic E-state index is 0.0570. The highest BCUT2D eigenvalue weighted by Crippen LogP contribution is 2.07. The molecule has 0 heterocycles. The Morgan fingerprint density at radius 3 is 2.21 bits per heavy atom. The predicted molar refractivity (Wildman–Crippen MR) is 86.4 cm³/mol. The zero-order valence-corrected chi connectivity index (χ0v) is 13.2. The van der Waals surface area contributed by atoms with Gasteiger partial charge in [0, 0.05) is 5.56 Å². The number of ether oxygens (including phenoxy) is 2. The van der Waals surface area contributed by atoms with Crippen LogP contribution in [0.5, 0.6) is 0 Å². The molecule has 0 atom stereocenters. The molecule has 0 radical (unpaired) electrons. The molecule has 0 aliphatic carbocycles. The van der Waals surface area contributed by atoms with Crippen molar-refractivity contribution >= 4 is 17.8 Å². The SMILES string of the molecule is COC(=O)c1ccc(COC(=O)CNC(=O)c2ccccc2)cc1. The first-order valence-electron chi connectivity index (χ1n) is 7.26. The second-order valence-corrected chi connectivity index (χ2v) is 4.90. The summed E-state index contributed by atoms with van der Waals surface area (Å²) >= 11 is 0. The number of methoxy groups -OCH3 is 1. The van der Waals surface area contributed by atoms with Crippen LogP contribution in [0.4, 0.5) is 0 Å². The van der Waals surface area contributed by atoms with Gasteiger partial charge in [-0.25, -0.2) is 4.79 Å². The summed E-state index contributed by atoms with van der Waals surface area (Å²) < 4.78 is 9.67. The minimum atomic E-state index is -0.545. The van der Waals surface area contributed by atoms with Crippen LogP contribution in [0.15, 0.2) is 54.6 Å². The van der Waals surface area contributed by atoms with Crippen molar-refractivity contribution in [3.8, 4) is 0 Å². The Balaban J connectivity index is 1.77. The molecule has 2 rings (SSSR count). The molecule has 0 bridgehead atoms. The van der Waals surface area contributed by atoms with E-state index in [1.807, 2.05) is 0 Å². The molecule has 6 nitrogen and oxygen atoms in total. The number of hydrogen-bond donors (Lipinski definition) is 1. The quantitative estimate of drug-likeness (QED) is 0.820. The summed E-state index contributed by atoms with van der Waals surface area (Å²) in [6, 6.07) is 15.1. The average molecular weight is 327 g/mol. The number of carbonyl (C=O) groups is 3. The topological polar surface area (TPSA) is 81.7 Å². The molecule has 6 heteroatoms. The number of nitrogens with one attached hydrogen (secondary N) is 1. The molecule has 24 heavy (non-hydrogen) atoms. The van der Waals surface area contributed by atoms with Crippen LogP contribution in [0.25, 0.3) is 0 Å². The van der Waals surface area contributed by atoms with Crippen molar-refractivity contribution < 1.29 is 23.9 Å². The molecule has 0 aliphatic rings. The highest BCUT2D eigenvalue weighted by atomic mass is 16.5. The Morgan fingerprint density at radius 2 is 1.58 bits per heavy atom. The lowest BCUT2D eigenvalue weighted by Gasteiger charge is -2.07. The van der Waals surface area contributed by atoms with Gasteiger partial charge in [0.05, 0.1) is 12.7 Å². The van der Waals surface area contributed by atoms with Gasteiger partial charge in [0.15, 0.2) is 0 Å². The van der Waals surface area contributed by atoms with E-state index in [0.29, 0.717) is 11.1 Å². The highest BCUT2D eigenvalue weighted by molar-refractivity contribution is 5.95. The van der Waals surface area contributed by atoms with Gasteiger partial charge in [-0.15, -0.1) is 0 Å². The third kappa shape index (κ3) is 4.95. The monoisotopic (exact) mass is 327 g/mol. The molecule has 0 saturated carbocycles. The van der Waals surface area contributed by atoms with Crippen molar-refractivity contribution in [2.45, 2.75) is 6.61 Å². The van der Waals surface area contributed by atoms with E-state index in [1.165, 1.54) is 7.11 Å². The van der Waals surface area contributed by atoms with Gasteiger partial charge in [-0.05, 0) is 29.8 Å². The van der Waals surface area contributed by atoms with Gasteiger partial charge >= 0.3 is 11.9 Å². The van der Waals surface area contributed by atoms with E-state index in [9.17, 15) is 14.4 Å². The minimum Gasteiger partial charge on any atom is -0.465 e. The third-order valence-electron chi connectivity index (χ3n) is 3.20. The summed E-state index contributed by atoms with van der Waals surface area (Å²) in [5.74, 6) is -1.31. The summed E-state index contributed by atoms with van der Waals surface area (Å²) in [6.07, 6.45) is 0. The first-order chi connectivity index (χ1) is 11.6. The van der Waals surface area contributed by atoms with Crippen LogP contribution in [0.3, 0.4) is 0 Å². The summed E-state index contributed by atoms with van der Waals surface area (Å²) in [4.78, 5) is 34.8. The van der Waals surface area contributed by atoms with E-state index in [2.05, 4.69) is 10.1 Å². The molecule has 0 aliphatic heterocycles. The van der Waals surface area contributed by atoms with Crippen LogP contribution in [-0.4, -0.2) is 31.5 Å². The van der Waals surface area contributed by atoms with Gasteiger partial charge in [-0.1, -0.05) is 30.3 Å². The van der Waals surface area contributed by atoms with Gasteiger partial charge in [-0.2, -0.15) is 0 Å². The zero-order valence-electron chi connectivity index (χ0n) is 13.2. The normalized spacial score (nSPS) is 9.88. The standard InChI is InChI=1S/C18H17NO5/c1-23-18(22)15-9-7-13(8-10-15)12-24-16(20)11-19-17(21)14-5-3-2-4-6-14/h2-10H,11-12H2,1H3,(H,19,21). The number of rotatable bonds is 6. The summed E-state index contributed by atoms with van der Waals surface area (Å²) in [5, 5.41) is 2.49. The average Bonchev–Trinajstić information content (AvgIpc) is 2.64. The Morgan fingerprint density at radius 1 is 0.917 bits per heavy atom. The Kier molecular flexibility index (Phi) is 6.08. The van der Waals surface area contributed by atoms with E-state index in [0.717, 1.165) is 5.56 Å². The van der Waals surface area contributed by atoms with Gasteiger partial charge in [-0.3, -0.25) is 9.59 Å². The maximum atomic E-state index is 11.8. The second-order valence-electron chi connectivity index (χ2n) is 4.90. The lowest BCUT2D eigenvalue weighted by molar-refractivity contribution is -0.143. The van der Waals surface area contributed by atoms with Crippen molar-refractivity contribution in [1.29, 1.82) is 0 Å². The number of hydrogen-bond acceptors (Lipinski definition) is 5. The van der Waals surface area contributed by atoms with Crippen LogP contribution >= 0.6 is 0 Å². The fourth-order valence-electron chi connectivity index (χ4n) is 1.91. The molecule has 1 N–H and O–H groups in total. The molecular weight excluding hydrogens is 310 g/mol. The predicted octanol–water partition coefficient (Wildman–Crippen LogP) is 1.95.